The summed E-state index contributed by atoms with van der Waals surface area (Å²) in [6.45, 7) is 9.38. The SMILES string of the molecule is Cc1sc2c(c1C)C(c1ccc(Cl)cc1)=N[C@@H](CC(=O)NCCOCCOCCOCCNc1ccc(C(=O)Nc3ccc4c(c3)CC(=O)C4)cn1)c1nnc(C)n1-2.S. The molecule has 310 valence electrons. The molecule has 2 amide bonds. The van der Waals surface area contributed by atoms with Crippen molar-refractivity contribution in [1.29, 1.82) is 0 Å². The van der Waals surface area contributed by atoms with Gasteiger partial charge in [0.2, 0.25) is 5.91 Å². The van der Waals surface area contributed by atoms with E-state index in [0.717, 1.165) is 44.4 Å². The molecule has 3 aromatic heterocycles. The molecule has 0 radical (unpaired) electrons. The van der Waals surface area contributed by atoms with Crippen LogP contribution in [0.5, 0.6) is 0 Å². The number of ketones is 1. The summed E-state index contributed by atoms with van der Waals surface area (Å²) in [6.07, 6.45) is 2.49. The van der Waals surface area contributed by atoms with Crippen molar-refractivity contribution in [3.8, 4) is 5.00 Å². The molecule has 1 aliphatic heterocycles. The van der Waals surface area contributed by atoms with E-state index in [0.29, 0.717) is 93.5 Å². The number of ether oxygens (including phenoxy) is 3. The second kappa shape index (κ2) is 20.3. The Labute approximate surface area is 358 Å². The van der Waals surface area contributed by atoms with Crippen LogP contribution in [0.15, 0.2) is 65.8 Å². The predicted octanol–water partition coefficient (Wildman–Crippen LogP) is 5.90. The second-order valence-electron chi connectivity index (χ2n) is 14.0. The number of anilines is 2. The molecule has 4 heterocycles. The number of halogens is 1. The lowest BCUT2D eigenvalue weighted by molar-refractivity contribution is -0.121. The van der Waals surface area contributed by atoms with E-state index in [9.17, 15) is 14.4 Å². The Morgan fingerprint density at radius 2 is 1.59 bits per heavy atom. The molecule has 17 heteroatoms. The third-order valence-corrected chi connectivity index (χ3v) is 11.3. The van der Waals surface area contributed by atoms with Crippen LogP contribution >= 0.6 is 36.4 Å². The van der Waals surface area contributed by atoms with Gasteiger partial charge in [0, 0.05) is 58.8 Å². The van der Waals surface area contributed by atoms with Crippen molar-refractivity contribution in [2.75, 3.05) is 63.4 Å². The molecule has 1 atom stereocenters. The number of carbonyl (C=O) groups excluding carboxylic acids is 3. The topological polar surface area (TPSA) is 171 Å². The van der Waals surface area contributed by atoms with Crippen LogP contribution in [0, 0.1) is 20.8 Å². The minimum absolute atomic E-state index is 0. The quantitative estimate of drug-likeness (QED) is 0.0903. The molecule has 14 nitrogen and oxygen atoms in total. The van der Waals surface area contributed by atoms with Crippen molar-refractivity contribution < 1.29 is 28.6 Å². The molecule has 2 aliphatic rings. The minimum atomic E-state index is -0.543. The fourth-order valence-corrected chi connectivity index (χ4v) is 8.14. The number of Topliss-reactive ketones (excluding diaryl/α,β-unsaturated/α-hetero) is 1. The van der Waals surface area contributed by atoms with E-state index in [1.165, 1.54) is 11.1 Å². The predicted molar refractivity (Wildman–Crippen MR) is 233 cm³/mol. The Hall–Kier alpha value is -4.97. The zero-order valence-corrected chi connectivity index (χ0v) is 35.7. The van der Waals surface area contributed by atoms with Crippen LogP contribution in [0.4, 0.5) is 11.5 Å². The van der Waals surface area contributed by atoms with E-state index in [2.05, 4.69) is 45.0 Å². The van der Waals surface area contributed by atoms with Gasteiger partial charge in [0.05, 0.1) is 57.3 Å². The molecule has 0 saturated heterocycles. The van der Waals surface area contributed by atoms with E-state index in [1.54, 1.807) is 23.5 Å². The lowest BCUT2D eigenvalue weighted by Crippen LogP contribution is -2.29. The Bertz CT molecular complexity index is 2310. The van der Waals surface area contributed by atoms with Crippen molar-refractivity contribution in [2.45, 2.75) is 46.1 Å². The maximum absolute atomic E-state index is 13.2. The standard InChI is InChI=1S/C42H45ClN8O6S.H2S/c1-25-26(2)58-42-38(25)39(28-4-8-32(43)9-5-28)48-35(40-50-49-27(3)51(40)42)23-37(53)45-13-15-56-17-19-57-18-16-55-14-12-44-36-11-7-30(24-46-36)41(54)47-33-10-6-29-21-34(52)22-31(29)20-33;/h4-11,20,24,35H,12-19,21-23H2,1-3H3,(H,44,46)(H,45,53)(H,47,54);1H2/t35-;/m0./s1. The molecule has 59 heavy (non-hydrogen) atoms. The van der Waals surface area contributed by atoms with Gasteiger partial charge in [-0.2, -0.15) is 13.5 Å². The molecule has 7 rings (SSSR count). The number of rotatable bonds is 18. The van der Waals surface area contributed by atoms with Crippen molar-refractivity contribution in [3.63, 3.8) is 0 Å². The van der Waals surface area contributed by atoms with E-state index in [1.807, 2.05) is 54.0 Å². The molecule has 3 N–H and O–H groups in total. The Morgan fingerprint density at radius 1 is 0.881 bits per heavy atom. The number of pyridine rings is 1. The largest absolute Gasteiger partial charge is 0.377 e. The molecular weight excluding hydrogens is 812 g/mol. The third-order valence-electron chi connectivity index (χ3n) is 9.87. The maximum Gasteiger partial charge on any atom is 0.257 e. The van der Waals surface area contributed by atoms with Gasteiger partial charge in [-0.05, 0) is 73.9 Å². The molecule has 0 unspecified atom stereocenters. The Morgan fingerprint density at radius 3 is 2.32 bits per heavy atom. The number of nitrogens with one attached hydrogen (secondary N) is 3. The van der Waals surface area contributed by atoms with Crippen LogP contribution in [0.25, 0.3) is 5.00 Å². The van der Waals surface area contributed by atoms with E-state index in [4.69, 9.17) is 30.8 Å². The first-order valence-electron chi connectivity index (χ1n) is 19.2. The number of aryl methyl sites for hydroxylation is 2. The number of amides is 2. The van der Waals surface area contributed by atoms with Crippen LogP contribution in [-0.2, 0) is 36.6 Å². The highest BCUT2D eigenvalue weighted by Gasteiger charge is 2.32. The van der Waals surface area contributed by atoms with Gasteiger partial charge in [-0.3, -0.25) is 23.9 Å². The highest BCUT2D eigenvalue weighted by atomic mass is 35.5. The summed E-state index contributed by atoms with van der Waals surface area (Å²) in [5.74, 6) is 1.76. The van der Waals surface area contributed by atoms with Gasteiger partial charge in [-0.1, -0.05) is 29.8 Å². The molecule has 0 fully saturated rings. The number of hydrogen-bond acceptors (Lipinski definition) is 12. The number of thiophene rings is 1. The lowest BCUT2D eigenvalue weighted by atomic mass is 9.99. The Kier molecular flexibility index (Phi) is 15.0. The van der Waals surface area contributed by atoms with Gasteiger partial charge in [-0.15, -0.1) is 21.5 Å². The molecule has 0 saturated carbocycles. The van der Waals surface area contributed by atoms with Crippen molar-refractivity contribution in [2.24, 2.45) is 4.99 Å². The van der Waals surface area contributed by atoms with Gasteiger partial charge in [0.15, 0.2) is 5.82 Å². The molecule has 0 bridgehead atoms. The van der Waals surface area contributed by atoms with Crippen molar-refractivity contribution in [1.82, 2.24) is 25.1 Å². The van der Waals surface area contributed by atoms with Crippen LogP contribution in [0.2, 0.25) is 5.02 Å². The van der Waals surface area contributed by atoms with Crippen molar-refractivity contribution >= 4 is 71.2 Å². The molecule has 5 aromatic rings. The number of aromatic nitrogens is 4. The minimum Gasteiger partial charge on any atom is -0.377 e. The molecule has 2 aromatic carbocycles. The van der Waals surface area contributed by atoms with Crippen LogP contribution in [0.1, 0.15) is 67.2 Å². The smallest absolute Gasteiger partial charge is 0.257 e. The van der Waals surface area contributed by atoms with Gasteiger partial charge < -0.3 is 30.2 Å². The summed E-state index contributed by atoms with van der Waals surface area (Å²) in [4.78, 5) is 48.2. The average Bonchev–Trinajstić information content (AvgIpc) is 3.85. The number of aliphatic imine (C=N–C) groups is 1. The monoisotopic (exact) mass is 858 g/mol. The molecular formula is C42H47ClN8O6S2. The average molecular weight is 859 g/mol. The van der Waals surface area contributed by atoms with E-state index in [-0.39, 0.29) is 37.5 Å². The fourth-order valence-electron chi connectivity index (χ4n) is 6.80. The number of nitrogens with zero attached hydrogens (tertiary/aromatic N) is 5. The first-order valence-corrected chi connectivity index (χ1v) is 20.3. The second-order valence-corrected chi connectivity index (χ2v) is 15.6. The number of carbonyl (C=O) groups is 3. The zero-order valence-electron chi connectivity index (χ0n) is 33.1. The van der Waals surface area contributed by atoms with E-state index >= 15 is 0 Å². The van der Waals surface area contributed by atoms with Gasteiger partial charge in [0.25, 0.3) is 5.91 Å². The van der Waals surface area contributed by atoms with Crippen LogP contribution in [0.3, 0.4) is 0 Å². The summed E-state index contributed by atoms with van der Waals surface area (Å²) >= 11 is 7.88. The number of fused-ring (bicyclic) bond motifs is 4. The van der Waals surface area contributed by atoms with Gasteiger partial charge >= 0.3 is 0 Å². The summed E-state index contributed by atoms with van der Waals surface area (Å²) in [5.41, 5.74) is 6.95. The number of hydrogen-bond donors (Lipinski definition) is 3. The maximum atomic E-state index is 13.2. The normalized spacial score (nSPS) is 14.1. The first kappa shape index (κ1) is 43.6. The highest BCUT2D eigenvalue weighted by Crippen LogP contribution is 2.39. The van der Waals surface area contributed by atoms with Crippen LogP contribution < -0.4 is 16.0 Å². The summed E-state index contributed by atoms with van der Waals surface area (Å²) in [6, 6.07) is 16.1. The van der Waals surface area contributed by atoms with Gasteiger partial charge in [-0.25, -0.2) is 4.98 Å². The number of benzene rings is 2. The van der Waals surface area contributed by atoms with Gasteiger partial charge in [0.1, 0.15) is 28.5 Å². The molecule has 0 spiro atoms. The van der Waals surface area contributed by atoms with Crippen molar-refractivity contribution in [3.05, 3.63) is 116 Å². The summed E-state index contributed by atoms with van der Waals surface area (Å²) in [5, 5.41) is 19.5. The highest BCUT2D eigenvalue weighted by molar-refractivity contribution is 7.59. The fraction of sp³-hybridized carbons (Fsp3) is 0.357. The first-order chi connectivity index (χ1) is 28.1. The third kappa shape index (κ3) is 10.8. The zero-order chi connectivity index (χ0) is 40.6. The summed E-state index contributed by atoms with van der Waals surface area (Å²) in [7, 11) is 0. The summed E-state index contributed by atoms with van der Waals surface area (Å²) < 4.78 is 18.9. The van der Waals surface area contributed by atoms with Crippen LogP contribution in [-0.4, -0.2) is 95.8 Å². The lowest BCUT2D eigenvalue weighted by Gasteiger charge is -2.13. The molecule has 1 aliphatic carbocycles. The van der Waals surface area contributed by atoms with E-state index < -0.39 is 6.04 Å². The Balaban J connectivity index is 0.00000585.